The maximum Gasteiger partial charge on any atom is 0.255 e. The maximum atomic E-state index is 12.7. The molecule has 2 aromatic carbocycles. The van der Waals surface area contributed by atoms with Crippen LogP contribution in [-0.4, -0.2) is 25.5 Å². The van der Waals surface area contributed by atoms with Crippen LogP contribution in [0.1, 0.15) is 34.3 Å². The molecule has 0 radical (unpaired) electrons. The second-order valence-corrected chi connectivity index (χ2v) is 7.00. The Balaban J connectivity index is 1.63. The number of hydrogen-bond donors (Lipinski definition) is 1. The summed E-state index contributed by atoms with van der Waals surface area (Å²) in [7, 11) is 1.55. The minimum Gasteiger partial charge on any atom is -0.495 e. The van der Waals surface area contributed by atoms with Crippen molar-refractivity contribution in [2.75, 3.05) is 23.9 Å². The second-order valence-electron chi connectivity index (χ2n) is 6.60. The Kier molecular flexibility index (Phi) is 4.32. The first-order valence-electron chi connectivity index (χ1n) is 8.68. The number of nitrogens with zero attached hydrogens (tertiary/aromatic N) is 1. The molecule has 1 N–H and O–H groups in total. The molecule has 2 aliphatic heterocycles. The Morgan fingerprint density at radius 2 is 1.92 bits per heavy atom. The third-order valence-corrected chi connectivity index (χ3v) is 5.24. The zero-order chi connectivity index (χ0) is 18.3. The fourth-order valence-corrected chi connectivity index (χ4v) is 3.99. The molecule has 2 aromatic rings. The van der Waals surface area contributed by atoms with Gasteiger partial charge in [0.05, 0.1) is 17.8 Å². The molecule has 4 rings (SSSR count). The summed E-state index contributed by atoms with van der Waals surface area (Å²) in [6, 6.07) is 8.96. The number of methoxy groups -OCH3 is 1. The molecule has 0 aliphatic carbocycles. The molecule has 2 amide bonds. The first kappa shape index (κ1) is 16.9. The number of carbonyl (C=O) groups is 2. The highest BCUT2D eigenvalue weighted by Gasteiger charge is 2.30. The van der Waals surface area contributed by atoms with E-state index in [1.807, 2.05) is 17.0 Å². The average Bonchev–Trinajstić information content (AvgIpc) is 2.64. The van der Waals surface area contributed by atoms with Gasteiger partial charge in [0.1, 0.15) is 5.75 Å². The van der Waals surface area contributed by atoms with Crippen LogP contribution in [0.2, 0.25) is 5.02 Å². The molecule has 2 heterocycles. The summed E-state index contributed by atoms with van der Waals surface area (Å²) in [5, 5.41) is 3.33. The van der Waals surface area contributed by atoms with Crippen molar-refractivity contribution in [1.82, 2.24) is 0 Å². The van der Waals surface area contributed by atoms with E-state index in [9.17, 15) is 9.59 Å². The van der Waals surface area contributed by atoms with E-state index in [0.717, 1.165) is 36.2 Å². The molecule has 6 heteroatoms. The van der Waals surface area contributed by atoms with Crippen LogP contribution in [0.25, 0.3) is 0 Å². The van der Waals surface area contributed by atoms with Gasteiger partial charge in [-0.3, -0.25) is 9.59 Å². The van der Waals surface area contributed by atoms with Gasteiger partial charge in [-0.15, -0.1) is 0 Å². The zero-order valence-corrected chi connectivity index (χ0v) is 15.2. The summed E-state index contributed by atoms with van der Waals surface area (Å²) in [4.78, 5) is 26.8. The number of rotatable bonds is 3. The van der Waals surface area contributed by atoms with Crippen molar-refractivity contribution in [2.45, 2.75) is 25.7 Å². The van der Waals surface area contributed by atoms with Gasteiger partial charge in [0.15, 0.2) is 0 Å². The first-order chi connectivity index (χ1) is 12.6. The second kappa shape index (κ2) is 6.65. The van der Waals surface area contributed by atoms with Gasteiger partial charge in [-0.25, -0.2) is 0 Å². The van der Waals surface area contributed by atoms with E-state index in [0.29, 0.717) is 34.9 Å². The maximum absolute atomic E-state index is 12.7. The molecule has 26 heavy (non-hydrogen) atoms. The number of carbonyl (C=O) groups excluding carboxylic acids is 2. The topological polar surface area (TPSA) is 58.6 Å². The number of amides is 2. The Labute approximate surface area is 156 Å². The summed E-state index contributed by atoms with van der Waals surface area (Å²) in [6.07, 6.45) is 3.01. The Morgan fingerprint density at radius 3 is 2.65 bits per heavy atom. The summed E-state index contributed by atoms with van der Waals surface area (Å²) in [6.45, 7) is 0.773. The number of halogens is 1. The molecule has 0 saturated carbocycles. The number of hydrogen-bond acceptors (Lipinski definition) is 3. The van der Waals surface area contributed by atoms with Crippen molar-refractivity contribution in [2.24, 2.45) is 0 Å². The summed E-state index contributed by atoms with van der Waals surface area (Å²) < 4.78 is 5.13. The molecule has 5 nitrogen and oxygen atoms in total. The first-order valence-corrected chi connectivity index (χ1v) is 9.05. The number of ether oxygens (including phenoxy) is 1. The minimum absolute atomic E-state index is 0.181. The van der Waals surface area contributed by atoms with E-state index in [1.165, 1.54) is 0 Å². The molecule has 0 atom stereocenters. The predicted molar refractivity (Wildman–Crippen MR) is 101 cm³/mol. The van der Waals surface area contributed by atoms with Crippen LogP contribution < -0.4 is 15.0 Å². The van der Waals surface area contributed by atoms with Gasteiger partial charge in [0, 0.05) is 24.2 Å². The van der Waals surface area contributed by atoms with Crippen LogP contribution in [0.4, 0.5) is 11.4 Å². The molecule has 0 aromatic heterocycles. The van der Waals surface area contributed by atoms with Crippen molar-refractivity contribution in [3.63, 3.8) is 0 Å². The van der Waals surface area contributed by atoms with Gasteiger partial charge in [-0.2, -0.15) is 0 Å². The largest absolute Gasteiger partial charge is 0.495 e. The van der Waals surface area contributed by atoms with E-state index in [4.69, 9.17) is 16.3 Å². The Morgan fingerprint density at radius 1 is 1.15 bits per heavy atom. The highest BCUT2D eigenvalue weighted by Crippen LogP contribution is 2.37. The lowest BCUT2D eigenvalue weighted by molar-refractivity contribution is -0.119. The van der Waals surface area contributed by atoms with Crippen LogP contribution in [0, 0.1) is 0 Å². The lowest BCUT2D eigenvalue weighted by Gasteiger charge is -2.35. The lowest BCUT2D eigenvalue weighted by atomic mass is 9.89. The van der Waals surface area contributed by atoms with Gasteiger partial charge < -0.3 is 15.0 Å². The molecule has 0 fully saturated rings. The SMILES string of the molecule is COc1ccc(NC(=O)c2cc3c4c(c2)CCC(=O)N4CCC3)cc1Cl. The van der Waals surface area contributed by atoms with E-state index in [-0.39, 0.29) is 11.8 Å². The van der Waals surface area contributed by atoms with Crippen molar-refractivity contribution in [3.05, 3.63) is 52.0 Å². The van der Waals surface area contributed by atoms with Gasteiger partial charge in [0.2, 0.25) is 5.91 Å². The number of benzene rings is 2. The number of anilines is 2. The molecular weight excluding hydrogens is 352 g/mol. The van der Waals surface area contributed by atoms with Gasteiger partial charge >= 0.3 is 0 Å². The summed E-state index contributed by atoms with van der Waals surface area (Å²) >= 11 is 6.13. The molecule has 134 valence electrons. The van der Waals surface area contributed by atoms with Crippen LogP contribution in [0.5, 0.6) is 5.75 Å². The Hall–Kier alpha value is -2.53. The lowest BCUT2D eigenvalue weighted by Crippen LogP contribution is -2.39. The molecule has 0 bridgehead atoms. The number of nitrogens with one attached hydrogen (secondary N) is 1. The van der Waals surface area contributed by atoms with Crippen molar-refractivity contribution in [1.29, 1.82) is 0 Å². The van der Waals surface area contributed by atoms with Crippen LogP contribution in [0.15, 0.2) is 30.3 Å². The fourth-order valence-electron chi connectivity index (χ4n) is 3.73. The van der Waals surface area contributed by atoms with E-state index >= 15 is 0 Å². The number of aryl methyl sites for hydroxylation is 2. The average molecular weight is 371 g/mol. The predicted octanol–water partition coefficient (Wildman–Crippen LogP) is 3.83. The Bertz CT molecular complexity index is 893. The molecule has 0 spiro atoms. The molecule has 2 aliphatic rings. The van der Waals surface area contributed by atoms with Gasteiger partial charge in [-0.05, 0) is 60.7 Å². The quantitative estimate of drug-likeness (QED) is 0.893. The smallest absolute Gasteiger partial charge is 0.255 e. The molecule has 0 unspecified atom stereocenters. The van der Waals surface area contributed by atoms with Gasteiger partial charge in [0.25, 0.3) is 5.91 Å². The monoisotopic (exact) mass is 370 g/mol. The molecule has 0 saturated heterocycles. The van der Waals surface area contributed by atoms with Crippen LogP contribution in [-0.2, 0) is 17.6 Å². The van der Waals surface area contributed by atoms with Crippen molar-refractivity contribution < 1.29 is 14.3 Å². The van der Waals surface area contributed by atoms with E-state index in [2.05, 4.69) is 5.32 Å². The summed E-state index contributed by atoms with van der Waals surface area (Å²) in [5.74, 6) is 0.565. The highest BCUT2D eigenvalue weighted by atomic mass is 35.5. The standard InChI is InChI=1S/C20H19ClN2O3/c1-26-17-6-5-15(11-16(17)21)22-20(25)14-9-12-3-2-8-23-18(24)7-4-13(10-14)19(12)23/h5-6,9-11H,2-4,7-8H2,1H3,(H,22,25). The van der Waals surface area contributed by atoms with Crippen molar-refractivity contribution >= 4 is 34.8 Å². The highest BCUT2D eigenvalue weighted by molar-refractivity contribution is 6.32. The van der Waals surface area contributed by atoms with Crippen LogP contribution in [0.3, 0.4) is 0 Å². The van der Waals surface area contributed by atoms with Gasteiger partial charge in [-0.1, -0.05) is 11.6 Å². The summed E-state index contributed by atoms with van der Waals surface area (Å²) in [5.41, 5.74) is 4.42. The molecular formula is C20H19ClN2O3. The fraction of sp³-hybridized carbons (Fsp3) is 0.300. The third kappa shape index (κ3) is 2.92. The van der Waals surface area contributed by atoms with Crippen molar-refractivity contribution in [3.8, 4) is 5.75 Å². The zero-order valence-electron chi connectivity index (χ0n) is 14.5. The minimum atomic E-state index is -0.181. The van der Waals surface area contributed by atoms with E-state index in [1.54, 1.807) is 25.3 Å². The normalized spacial score (nSPS) is 15.5. The third-order valence-electron chi connectivity index (χ3n) is 4.95. The van der Waals surface area contributed by atoms with Crippen LogP contribution >= 0.6 is 11.6 Å². The van der Waals surface area contributed by atoms with E-state index < -0.39 is 0 Å².